The average Bonchev–Trinajstić information content (AvgIpc) is 2.97. The molecule has 0 saturated carbocycles. The molecule has 2 aromatic rings. The first-order chi connectivity index (χ1) is 8.90. The van der Waals surface area contributed by atoms with Gasteiger partial charge in [-0.2, -0.15) is 0 Å². The maximum atomic E-state index is 6.14. The van der Waals surface area contributed by atoms with E-state index >= 15 is 0 Å². The van der Waals surface area contributed by atoms with Crippen LogP contribution in [0.3, 0.4) is 0 Å². The Morgan fingerprint density at radius 3 is 2.74 bits per heavy atom. The number of thiazole rings is 1. The summed E-state index contributed by atoms with van der Waals surface area (Å²) in [6.07, 6.45) is 2.75. The molecule has 0 amide bonds. The van der Waals surface area contributed by atoms with Crippen molar-refractivity contribution >= 4 is 22.9 Å². The van der Waals surface area contributed by atoms with Crippen molar-refractivity contribution in [2.24, 2.45) is 0 Å². The molecule has 0 bridgehead atoms. The fourth-order valence-electron chi connectivity index (χ4n) is 1.63. The van der Waals surface area contributed by atoms with Crippen LogP contribution in [0.25, 0.3) is 0 Å². The third kappa shape index (κ3) is 3.54. The van der Waals surface area contributed by atoms with E-state index in [4.69, 9.17) is 11.6 Å². The van der Waals surface area contributed by atoms with Gasteiger partial charge >= 0.3 is 0 Å². The van der Waals surface area contributed by atoms with Crippen molar-refractivity contribution in [2.75, 3.05) is 0 Å². The molecule has 0 saturated heterocycles. The third-order valence-corrected chi connectivity index (χ3v) is 4.60. The van der Waals surface area contributed by atoms with Crippen LogP contribution in [-0.4, -0.2) is 20.0 Å². The number of hydrogen-bond donors (Lipinski definition) is 0. The molecule has 6 heteroatoms. The van der Waals surface area contributed by atoms with Crippen LogP contribution in [0.5, 0.6) is 0 Å². The third-order valence-electron chi connectivity index (χ3n) is 2.75. The summed E-state index contributed by atoms with van der Waals surface area (Å²) in [5.74, 6) is 0. The van der Waals surface area contributed by atoms with E-state index in [-0.39, 0.29) is 10.8 Å². The second-order valence-corrected chi connectivity index (χ2v) is 7.00. The Hall–Kier alpha value is -0.940. The Kier molecular flexibility index (Phi) is 4.26. The summed E-state index contributed by atoms with van der Waals surface area (Å²) in [7, 11) is 0. The van der Waals surface area contributed by atoms with Gasteiger partial charge in [0, 0.05) is 10.8 Å². The van der Waals surface area contributed by atoms with Crippen molar-refractivity contribution < 1.29 is 0 Å². The van der Waals surface area contributed by atoms with Gasteiger partial charge in [-0.05, 0) is 6.42 Å². The zero-order valence-electron chi connectivity index (χ0n) is 11.7. The minimum Gasteiger partial charge on any atom is -0.246 e. The second-order valence-electron chi connectivity index (χ2n) is 5.61. The Morgan fingerprint density at radius 2 is 2.16 bits per heavy atom. The molecule has 2 rings (SSSR count). The van der Waals surface area contributed by atoms with Crippen molar-refractivity contribution in [3.8, 4) is 0 Å². The number of aromatic nitrogens is 4. The van der Waals surface area contributed by atoms with Gasteiger partial charge in [-0.25, -0.2) is 9.67 Å². The van der Waals surface area contributed by atoms with E-state index in [1.165, 1.54) is 0 Å². The molecule has 19 heavy (non-hydrogen) atoms. The maximum Gasteiger partial charge on any atom is 0.101 e. The highest BCUT2D eigenvalue weighted by atomic mass is 35.5. The van der Waals surface area contributed by atoms with E-state index in [2.05, 4.69) is 41.4 Å². The fourth-order valence-corrected chi connectivity index (χ4v) is 2.63. The van der Waals surface area contributed by atoms with Gasteiger partial charge in [0.25, 0.3) is 0 Å². The van der Waals surface area contributed by atoms with Gasteiger partial charge in [0.15, 0.2) is 0 Å². The van der Waals surface area contributed by atoms with E-state index < -0.39 is 0 Å². The summed E-state index contributed by atoms with van der Waals surface area (Å²) in [4.78, 5) is 4.65. The SMILES string of the molecule is CCC(Cl)c1cn(Cc2csc(C(C)(C)C)n2)nn1. The molecular formula is C13H19ClN4S. The lowest BCUT2D eigenvalue weighted by Crippen LogP contribution is -2.11. The Morgan fingerprint density at radius 1 is 1.42 bits per heavy atom. The van der Waals surface area contributed by atoms with E-state index in [9.17, 15) is 0 Å². The quantitative estimate of drug-likeness (QED) is 0.807. The lowest BCUT2D eigenvalue weighted by Gasteiger charge is -2.13. The number of hydrogen-bond acceptors (Lipinski definition) is 4. The van der Waals surface area contributed by atoms with Crippen LogP contribution in [0.1, 0.15) is 55.9 Å². The van der Waals surface area contributed by atoms with Crippen LogP contribution in [0.4, 0.5) is 0 Å². The molecular weight excluding hydrogens is 280 g/mol. The molecule has 0 aliphatic carbocycles. The largest absolute Gasteiger partial charge is 0.246 e. The van der Waals surface area contributed by atoms with Gasteiger partial charge in [0.1, 0.15) is 5.69 Å². The van der Waals surface area contributed by atoms with Crippen molar-refractivity contribution in [1.82, 2.24) is 20.0 Å². The molecule has 2 aromatic heterocycles. The van der Waals surface area contributed by atoms with Crippen LogP contribution < -0.4 is 0 Å². The molecule has 104 valence electrons. The normalized spacial score (nSPS) is 13.7. The van der Waals surface area contributed by atoms with Crippen LogP contribution in [-0.2, 0) is 12.0 Å². The monoisotopic (exact) mass is 298 g/mol. The molecule has 0 N–H and O–H groups in total. The zero-order chi connectivity index (χ0) is 14.0. The highest BCUT2D eigenvalue weighted by molar-refractivity contribution is 7.09. The number of alkyl halides is 1. The Bertz CT molecular complexity index is 541. The van der Waals surface area contributed by atoms with E-state index in [0.717, 1.165) is 22.8 Å². The first-order valence-corrected chi connectivity index (χ1v) is 7.70. The summed E-state index contributed by atoms with van der Waals surface area (Å²) in [5.41, 5.74) is 1.95. The van der Waals surface area contributed by atoms with Crippen molar-refractivity contribution in [3.05, 3.63) is 28.0 Å². The topological polar surface area (TPSA) is 43.6 Å². The molecule has 0 fully saturated rings. The second kappa shape index (κ2) is 5.59. The Labute approximate surface area is 122 Å². The highest BCUT2D eigenvalue weighted by Gasteiger charge is 2.18. The highest BCUT2D eigenvalue weighted by Crippen LogP contribution is 2.26. The lowest BCUT2D eigenvalue weighted by atomic mass is 9.98. The minimum absolute atomic E-state index is 0.0608. The van der Waals surface area contributed by atoms with Crippen LogP contribution in [0, 0.1) is 0 Å². The van der Waals surface area contributed by atoms with Crippen LogP contribution in [0.15, 0.2) is 11.6 Å². The average molecular weight is 299 g/mol. The predicted molar refractivity (Wildman–Crippen MR) is 78.8 cm³/mol. The van der Waals surface area contributed by atoms with E-state index in [0.29, 0.717) is 6.54 Å². The summed E-state index contributed by atoms with van der Waals surface area (Å²) >= 11 is 7.84. The van der Waals surface area contributed by atoms with Gasteiger partial charge in [0.2, 0.25) is 0 Å². The van der Waals surface area contributed by atoms with Gasteiger partial charge in [0.05, 0.1) is 28.8 Å². The minimum atomic E-state index is -0.0608. The molecule has 0 radical (unpaired) electrons. The number of halogens is 1. The summed E-state index contributed by atoms with van der Waals surface area (Å²) in [6.45, 7) is 9.19. The fraction of sp³-hybridized carbons (Fsp3) is 0.615. The lowest BCUT2D eigenvalue weighted by molar-refractivity contribution is 0.577. The maximum absolute atomic E-state index is 6.14. The molecule has 4 nitrogen and oxygen atoms in total. The first-order valence-electron chi connectivity index (χ1n) is 6.39. The smallest absolute Gasteiger partial charge is 0.101 e. The van der Waals surface area contributed by atoms with Gasteiger partial charge in [-0.15, -0.1) is 28.0 Å². The standard InChI is InChI=1S/C13H19ClN4S/c1-5-10(14)11-7-18(17-16-11)6-9-8-19-12(15-9)13(2,3)4/h7-8,10H,5-6H2,1-4H3. The molecule has 1 atom stereocenters. The predicted octanol–water partition coefficient (Wildman–Crippen LogP) is 3.77. The van der Waals surface area contributed by atoms with Gasteiger partial charge in [-0.3, -0.25) is 0 Å². The van der Waals surface area contributed by atoms with Crippen molar-refractivity contribution in [2.45, 2.75) is 51.5 Å². The summed E-state index contributed by atoms with van der Waals surface area (Å²) < 4.78 is 1.79. The first kappa shape index (κ1) is 14.5. The van der Waals surface area contributed by atoms with E-state index in [1.54, 1.807) is 16.0 Å². The molecule has 2 heterocycles. The van der Waals surface area contributed by atoms with Crippen molar-refractivity contribution in [3.63, 3.8) is 0 Å². The van der Waals surface area contributed by atoms with Crippen LogP contribution in [0.2, 0.25) is 0 Å². The summed E-state index contributed by atoms with van der Waals surface area (Å²) in [6, 6.07) is 0. The molecule has 0 spiro atoms. The van der Waals surface area contributed by atoms with E-state index in [1.807, 2.05) is 13.1 Å². The molecule has 0 aliphatic rings. The number of nitrogens with zero attached hydrogens (tertiary/aromatic N) is 4. The van der Waals surface area contributed by atoms with Crippen LogP contribution >= 0.6 is 22.9 Å². The molecule has 1 unspecified atom stereocenters. The molecule has 0 aliphatic heterocycles. The van der Waals surface area contributed by atoms with Gasteiger partial charge in [-0.1, -0.05) is 32.9 Å². The number of rotatable bonds is 4. The zero-order valence-corrected chi connectivity index (χ0v) is 13.3. The van der Waals surface area contributed by atoms with Gasteiger partial charge < -0.3 is 0 Å². The van der Waals surface area contributed by atoms with Crippen molar-refractivity contribution in [1.29, 1.82) is 0 Å². The Balaban J connectivity index is 2.09. The summed E-state index contributed by atoms with van der Waals surface area (Å²) in [5, 5.41) is 11.4. The molecule has 0 aromatic carbocycles.